The molecule has 1 aromatic rings. The molecule has 0 aliphatic heterocycles. The Balaban J connectivity index is 0.00000256. The van der Waals surface area contributed by atoms with E-state index in [9.17, 15) is 5.11 Å². The van der Waals surface area contributed by atoms with Crippen LogP contribution in [0.5, 0.6) is 5.75 Å². The van der Waals surface area contributed by atoms with Gasteiger partial charge in [0.15, 0.2) is 0 Å². The molecular weight excluding hydrogens is 219 g/mol. The molecule has 92 valence electrons. The van der Waals surface area contributed by atoms with Gasteiger partial charge in [-0.05, 0) is 34.9 Å². The zero-order valence-corrected chi connectivity index (χ0v) is 11.6. The van der Waals surface area contributed by atoms with E-state index in [1.807, 2.05) is 12.1 Å². The first-order chi connectivity index (χ1) is 7.05. The molecule has 0 aliphatic rings. The molecule has 0 unspecified atom stereocenters. The monoisotopic (exact) mass is 244 g/mol. The number of benzene rings is 1. The van der Waals surface area contributed by atoms with Crippen LogP contribution in [0.3, 0.4) is 0 Å². The summed E-state index contributed by atoms with van der Waals surface area (Å²) >= 11 is 0. The Kier molecular flexibility index (Phi) is 5.34. The summed E-state index contributed by atoms with van der Waals surface area (Å²) in [5, 5.41) is 10.1. The van der Waals surface area contributed by atoms with E-state index in [1.165, 1.54) is 11.1 Å². The van der Waals surface area contributed by atoms with E-state index in [1.54, 1.807) is 0 Å². The van der Waals surface area contributed by atoms with Crippen molar-refractivity contribution in [3.05, 3.63) is 28.8 Å². The number of aryl methyl sites for hydroxylation is 1. The Morgan fingerprint density at radius 3 is 1.53 bits per heavy atom. The van der Waals surface area contributed by atoms with Crippen molar-refractivity contribution in [2.75, 3.05) is 0 Å². The quantitative estimate of drug-likeness (QED) is 0.691. The predicted octanol–water partition coefficient (Wildman–Crippen LogP) is 3.65. The Morgan fingerprint density at radius 1 is 0.824 bits per heavy atom. The number of phenols is 1. The third kappa shape index (κ3) is 3.74. The number of hydrogen-bond donors (Lipinski definition) is 1. The normalized spacial score (nSPS) is 12.2. The van der Waals surface area contributed by atoms with Crippen LogP contribution in [0.2, 0.25) is 0 Å². The van der Waals surface area contributed by atoms with Crippen LogP contribution >= 0.6 is 0 Å². The molecule has 1 rings (SSSR count). The van der Waals surface area contributed by atoms with E-state index >= 15 is 0 Å². The van der Waals surface area contributed by atoms with Gasteiger partial charge in [0.2, 0.25) is 0 Å². The first kappa shape index (κ1) is 17.0. The summed E-state index contributed by atoms with van der Waals surface area (Å²) < 4.78 is 0. The van der Waals surface area contributed by atoms with Crippen LogP contribution < -0.4 is 0 Å². The Bertz CT molecular complexity index is 356. The topological polar surface area (TPSA) is 20.2 Å². The third-order valence-corrected chi connectivity index (χ3v) is 2.89. The summed E-state index contributed by atoms with van der Waals surface area (Å²) in [5.41, 5.74) is 3.65. The molecule has 2 heteroatoms. The van der Waals surface area contributed by atoms with E-state index in [4.69, 9.17) is 0 Å². The molecule has 0 aromatic heterocycles. The van der Waals surface area contributed by atoms with Crippen molar-refractivity contribution in [3.8, 4) is 5.75 Å². The van der Waals surface area contributed by atoms with Crippen LogP contribution in [0.15, 0.2) is 12.1 Å². The van der Waals surface area contributed by atoms with Crippen LogP contribution in [0, 0.1) is 6.92 Å². The van der Waals surface area contributed by atoms with E-state index in [2.05, 4.69) is 48.5 Å². The van der Waals surface area contributed by atoms with Gasteiger partial charge in [-0.1, -0.05) is 47.6 Å². The maximum atomic E-state index is 10.1. The first-order valence-electron chi connectivity index (χ1n) is 5.88. The van der Waals surface area contributed by atoms with Gasteiger partial charge >= 0.3 is 29.6 Å². The second-order valence-corrected chi connectivity index (χ2v) is 6.65. The molecule has 0 heterocycles. The molecular formula is C15H25NaO. The fourth-order valence-corrected chi connectivity index (χ4v) is 2.42. The number of aromatic hydroxyl groups is 1. The summed E-state index contributed by atoms with van der Waals surface area (Å²) in [6.45, 7) is 15.2. The summed E-state index contributed by atoms with van der Waals surface area (Å²) in [5.74, 6) is 0.419. The summed E-state index contributed by atoms with van der Waals surface area (Å²) in [6, 6.07) is 3.82. The summed E-state index contributed by atoms with van der Waals surface area (Å²) in [4.78, 5) is 0. The number of rotatable bonds is 0. The zero-order valence-electron chi connectivity index (χ0n) is 11.6. The van der Waals surface area contributed by atoms with E-state index < -0.39 is 0 Å². The molecule has 0 aliphatic carbocycles. The van der Waals surface area contributed by atoms with E-state index in [0.29, 0.717) is 5.75 Å². The second-order valence-electron chi connectivity index (χ2n) is 6.65. The minimum absolute atomic E-state index is 0. The average molecular weight is 244 g/mol. The molecule has 1 nitrogen and oxygen atoms in total. The van der Waals surface area contributed by atoms with Crippen molar-refractivity contribution in [3.63, 3.8) is 0 Å². The number of phenolic OH excluding ortho intramolecular Hbond substituents is 1. The summed E-state index contributed by atoms with van der Waals surface area (Å²) in [7, 11) is 0. The van der Waals surface area contributed by atoms with Crippen LogP contribution in [0.4, 0.5) is 0 Å². The zero-order chi connectivity index (χ0) is 12.7. The van der Waals surface area contributed by atoms with Crippen molar-refractivity contribution in [2.45, 2.75) is 59.3 Å². The van der Waals surface area contributed by atoms with Crippen LogP contribution in [0.1, 0.15) is 58.2 Å². The molecule has 0 saturated heterocycles. The van der Waals surface area contributed by atoms with Crippen molar-refractivity contribution in [1.29, 1.82) is 0 Å². The van der Waals surface area contributed by atoms with Gasteiger partial charge in [-0.25, -0.2) is 0 Å². The molecule has 1 N–H and O–H groups in total. The molecule has 0 spiro atoms. The second kappa shape index (κ2) is 5.34. The Hall–Kier alpha value is 0.0200. The van der Waals surface area contributed by atoms with Gasteiger partial charge in [0.25, 0.3) is 0 Å². The van der Waals surface area contributed by atoms with Gasteiger partial charge in [-0.2, -0.15) is 0 Å². The number of hydrogen-bond acceptors (Lipinski definition) is 1. The van der Waals surface area contributed by atoms with Crippen LogP contribution in [-0.4, -0.2) is 34.7 Å². The average Bonchev–Trinajstić information content (AvgIpc) is 2.04. The van der Waals surface area contributed by atoms with Gasteiger partial charge in [0.05, 0.1) is 0 Å². The van der Waals surface area contributed by atoms with Gasteiger partial charge in [0, 0.05) is 5.56 Å². The van der Waals surface area contributed by atoms with E-state index in [0.717, 1.165) is 5.56 Å². The first-order valence-corrected chi connectivity index (χ1v) is 5.88. The predicted molar refractivity (Wildman–Crippen MR) is 77.4 cm³/mol. The molecule has 0 atom stereocenters. The third-order valence-electron chi connectivity index (χ3n) is 2.89. The molecule has 17 heavy (non-hydrogen) atoms. The van der Waals surface area contributed by atoms with Gasteiger partial charge in [0.1, 0.15) is 5.75 Å². The Morgan fingerprint density at radius 2 is 1.24 bits per heavy atom. The minimum atomic E-state index is -0.0291. The molecule has 0 radical (unpaired) electrons. The maximum absolute atomic E-state index is 10.1. The Labute approximate surface area is 128 Å². The SMILES string of the molecule is Cc1ccc(O)c(C(C)(C)C)c1C(C)(C)C.[NaH]. The van der Waals surface area contributed by atoms with Crippen molar-refractivity contribution in [1.82, 2.24) is 0 Å². The molecule has 0 saturated carbocycles. The molecule has 0 bridgehead atoms. The standard InChI is InChI=1S/C15H24O.Na.H/c1-10-8-9-11(16)13(15(5,6)7)12(10)14(2,3)4;;/h8-9,16H,1-7H3;;. The molecule has 0 fully saturated rings. The van der Waals surface area contributed by atoms with Crippen molar-refractivity contribution in [2.24, 2.45) is 0 Å². The van der Waals surface area contributed by atoms with Gasteiger partial charge in [-0.3, -0.25) is 0 Å². The van der Waals surface area contributed by atoms with E-state index in [-0.39, 0.29) is 40.4 Å². The van der Waals surface area contributed by atoms with Crippen LogP contribution in [0.25, 0.3) is 0 Å². The molecule has 1 aromatic carbocycles. The molecule has 0 amide bonds. The van der Waals surface area contributed by atoms with Gasteiger partial charge < -0.3 is 5.11 Å². The summed E-state index contributed by atoms with van der Waals surface area (Å²) in [6.07, 6.45) is 0. The van der Waals surface area contributed by atoms with Crippen molar-refractivity contribution < 1.29 is 5.11 Å². The fourth-order valence-electron chi connectivity index (χ4n) is 2.42. The van der Waals surface area contributed by atoms with Crippen LogP contribution in [-0.2, 0) is 10.8 Å². The van der Waals surface area contributed by atoms with Gasteiger partial charge in [-0.15, -0.1) is 0 Å². The van der Waals surface area contributed by atoms with Crippen molar-refractivity contribution >= 4 is 29.6 Å². The fraction of sp³-hybridized carbons (Fsp3) is 0.600.